The van der Waals surface area contributed by atoms with Crippen LogP contribution in [0, 0.1) is 0 Å². The Morgan fingerprint density at radius 2 is 2.29 bits per heavy atom. The number of oxime groups is 1. The quantitative estimate of drug-likeness (QED) is 0.301. The molecule has 0 amide bonds. The maximum Gasteiger partial charge on any atom is 0.0687 e. The van der Waals surface area contributed by atoms with Gasteiger partial charge in [-0.2, -0.15) is 0 Å². The summed E-state index contributed by atoms with van der Waals surface area (Å²) >= 11 is 0. The van der Waals surface area contributed by atoms with Gasteiger partial charge in [0.05, 0.1) is 6.21 Å². The van der Waals surface area contributed by atoms with E-state index in [9.17, 15) is 0 Å². The van der Waals surface area contributed by atoms with Crippen LogP contribution in [0.25, 0.3) is 0 Å². The van der Waals surface area contributed by atoms with Crippen LogP contribution in [0.5, 0.6) is 0 Å². The fourth-order valence-electron chi connectivity index (χ4n) is 0.166. The molecule has 0 bridgehead atoms. The molecule has 1 N–H and O–H groups in total. The highest BCUT2D eigenvalue weighted by molar-refractivity contribution is 5.76. The average molecular weight is 99.1 g/mol. The zero-order valence-corrected chi connectivity index (χ0v) is 4.55. The Balaban J connectivity index is 3.58. The van der Waals surface area contributed by atoms with Crippen LogP contribution in [0.1, 0.15) is 13.8 Å². The molecule has 0 fully saturated rings. The Bertz CT molecular complexity index is 94.3. The second-order valence-electron chi connectivity index (χ2n) is 1.28. The van der Waals surface area contributed by atoms with Crippen LogP contribution in [0.3, 0.4) is 0 Å². The molecule has 0 aliphatic heterocycles. The summed E-state index contributed by atoms with van der Waals surface area (Å²) in [5, 5.41) is 10.7. The third-order valence-electron chi connectivity index (χ3n) is 0.717. The van der Waals surface area contributed by atoms with Crippen molar-refractivity contribution >= 4 is 6.21 Å². The van der Waals surface area contributed by atoms with Gasteiger partial charge in [-0.15, -0.1) is 0 Å². The largest absolute Gasteiger partial charge is 0.411 e. The molecular formula is C5H9NO. The Kier molecular flexibility index (Phi) is 3.02. The molecule has 0 atom stereocenters. The first kappa shape index (κ1) is 6.21. The molecule has 0 aromatic rings. The van der Waals surface area contributed by atoms with E-state index in [1.807, 2.05) is 19.9 Å². The van der Waals surface area contributed by atoms with Crippen molar-refractivity contribution in [3.05, 3.63) is 11.6 Å². The lowest BCUT2D eigenvalue weighted by molar-refractivity contribution is 0.321. The molecule has 0 spiro atoms. The molecule has 0 radical (unpaired) electrons. The molecular weight excluding hydrogens is 90.1 g/mol. The van der Waals surface area contributed by atoms with Gasteiger partial charge in [-0.1, -0.05) is 11.2 Å². The summed E-state index contributed by atoms with van der Waals surface area (Å²) in [5.74, 6) is 0. The van der Waals surface area contributed by atoms with Gasteiger partial charge in [0.1, 0.15) is 0 Å². The maximum absolute atomic E-state index is 7.90. The van der Waals surface area contributed by atoms with E-state index in [1.54, 1.807) is 0 Å². The van der Waals surface area contributed by atoms with E-state index in [0.717, 1.165) is 5.57 Å². The molecule has 2 heteroatoms. The summed E-state index contributed by atoms with van der Waals surface area (Å²) in [6.07, 6.45) is 3.25. The fraction of sp³-hybridized carbons (Fsp3) is 0.400. The van der Waals surface area contributed by atoms with Crippen LogP contribution >= 0.6 is 0 Å². The highest BCUT2D eigenvalue weighted by atomic mass is 16.4. The van der Waals surface area contributed by atoms with Crippen LogP contribution in [-0.2, 0) is 0 Å². The summed E-state index contributed by atoms with van der Waals surface area (Å²) in [6, 6.07) is 0. The van der Waals surface area contributed by atoms with E-state index in [2.05, 4.69) is 5.16 Å². The first-order valence-electron chi connectivity index (χ1n) is 2.11. The summed E-state index contributed by atoms with van der Waals surface area (Å²) in [4.78, 5) is 0. The number of allylic oxidation sites excluding steroid dienone is 2. The Labute approximate surface area is 43.2 Å². The van der Waals surface area contributed by atoms with Crippen LogP contribution in [0.2, 0.25) is 0 Å². The Hall–Kier alpha value is -0.790. The van der Waals surface area contributed by atoms with Crippen LogP contribution in [0.4, 0.5) is 0 Å². The topological polar surface area (TPSA) is 32.6 Å². The minimum atomic E-state index is 0.961. The molecule has 2 nitrogen and oxygen atoms in total. The fourth-order valence-corrected chi connectivity index (χ4v) is 0.166. The lowest BCUT2D eigenvalue weighted by Gasteiger charge is -1.79. The molecule has 40 valence electrons. The number of nitrogens with zero attached hydrogens (tertiary/aromatic N) is 1. The van der Waals surface area contributed by atoms with E-state index < -0.39 is 0 Å². The summed E-state index contributed by atoms with van der Waals surface area (Å²) in [5.41, 5.74) is 0.961. The van der Waals surface area contributed by atoms with Crippen molar-refractivity contribution in [2.75, 3.05) is 0 Å². The van der Waals surface area contributed by atoms with Gasteiger partial charge < -0.3 is 5.21 Å². The number of hydrogen-bond donors (Lipinski definition) is 1. The molecule has 0 heterocycles. The molecule has 0 aromatic heterocycles. The second-order valence-corrected chi connectivity index (χ2v) is 1.28. The van der Waals surface area contributed by atoms with Crippen LogP contribution in [-0.4, -0.2) is 11.4 Å². The monoisotopic (exact) mass is 99.1 g/mol. The van der Waals surface area contributed by atoms with Crippen molar-refractivity contribution in [1.29, 1.82) is 0 Å². The molecule has 0 unspecified atom stereocenters. The summed E-state index contributed by atoms with van der Waals surface area (Å²) in [7, 11) is 0. The van der Waals surface area contributed by atoms with E-state index in [-0.39, 0.29) is 0 Å². The minimum Gasteiger partial charge on any atom is -0.411 e. The predicted molar refractivity (Wildman–Crippen MR) is 29.7 cm³/mol. The maximum atomic E-state index is 7.90. The van der Waals surface area contributed by atoms with E-state index >= 15 is 0 Å². The normalized spacial score (nSPS) is 13.1. The highest BCUT2D eigenvalue weighted by Crippen LogP contribution is 1.82. The van der Waals surface area contributed by atoms with Gasteiger partial charge in [0.2, 0.25) is 0 Å². The summed E-state index contributed by atoms with van der Waals surface area (Å²) < 4.78 is 0. The van der Waals surface area contributed by atoms with Crippen LogP contribution in [0.15, 0.2) is 16.8 Å². The standard InChI is InChI=1S/C5H9NO/c1-3-5(2)4-6-7/h3-4,7H,1-2H3/b5-3-,6-4+. The minimum absolute atomic E-state index is 0.961. The van der Waals surface area contributed by atoms with E-state index in [4.69, 9.17) is 5.21 Å². The average Bonchev–Trinajstić information content (AvgIpc) is 1.68. The van der Waals surface area contributed by atoms with Crippen molar-refractivity contribution < 1.29 is 5.21 Å². The highest BCUT2D eigenvalue weighted by Gasteiger charge is 1.72. The zero-order chi connectivity index (χ0) is 5.70. The van der Waals surface area contributed by atoms with Crippen molar-refractivity contribution in [3.63, 3.8) is 0 Å². The molecule has 0 saturated carbocycles. The first-order valence-corrected chi connectivity index (χ1v) is 2.11. The van der Waals surface area contributed by atoms with Gasteiger partial charge in [-0.05, 0) is 19.4 Å². The van der Waals surface area contributed by atoms with Crippen molar-refractivity contribution in [3.8, 4) is 0 Å². The van der Waals surface area contributed by atoms with Gasteiger partial charge in [-0.3, -0.25) is 0 Å². The second kappa shape index (κ2) is 3.40. The molecule has 0 aliphatic rings. The Morgan fingerprint density at radius 3 is 2.43 bits per heavy atom. The third kappa shape index (κ3) is 3.03. The zero-order valence-electron chi connectivity index (χ0n) is 4.55. The smallest absolute Gasteiger partial charge is 0.0687 e. The van der Waals surface area contributed by atoms with Crippen molar-refractivity contribution in [2.24, 2.45) is 5.16 Å². The SMILES string of the molecule is C/C=C(C)\C=N\O. The molecule has 7 heavy (non-hydrogen) atoms. The third-order valence-corrected chi connectivity index (χ3v) is 0.717. The Morgan fingerprint density at radius 1 is 1.71 bits per heavy atom. The van der Waals surface area contributed by atoms with Gasteiger partial charge in [0, 0.05) is 0 Å². The predicted octanol–water partition coefficient (Wildman–Crippen LogP) is 1.41. The van der Waals surface area contributed by atoms with Crippen molar-refractivity contribution in [1.82, 2.24) is 0 Å². The van der Waals surface area contributed by atoms with Gasteiger partial charge >= 0.3 is 0 Å². The van der Waals surface area contributed by atoms with Gasteiger partial charge in [0.25, 0.3) is 0 Å². The molecule has 0 aromatic carbocycles. The molecule has 0 rings (SSSR count). The number of hydrogen-bond acceptors (Lipinski definition) is 2. The lowest BCUT2D eigenvalue weighted by atomic mass is 10.3. The summed E-state index contributed by atoms with van der Waals surface area (Å²) in [6.45, 7) is 3.75. The number of rotatable bonds is 1. The molecule has 0 aliphatic carbocycles. The molecule has 0 saturated heterocycles. The van der Waals surface area contributed by atoms with Crippen LogP contribution < -0.4 is 0 Å². The van der Waals surface area contributed by atoms with Gasteiger partial charge in [-0.25, -0.2) is 0 Å². The lowest BCUT2D eigenvalue weighted by Crippen LogP contribution is -1.72. The first-order chi connectivity index (χ1) is 3.31. The van der Waals surface area contributed by atoms with Gasteiger partial charge in [0.15, 0.2) is 0 Å². The van der Waals surface area contributed by atoms with E-state index in [1.165, 1.54) is 6.21 Å². The van der Waals surface area contributed by atoms with E-state index in [0.29, 0.717) is 0 Å². The van der Waals surface area contributed by atoms with Crippen molar-refractivity contribution in [2.45, 2.75) is 13.8 Å².